The Morgan fingerprint density at radius 2 is 1.12 bits per heavy atom. The third-order valence-electron chi connectivity index (χ3n) is 4.49. The van der Waals surface area contributed by atoms with Crippen molar-refractivity contribution < 1.29 is 0 Å². The van der Waals surface area contributed by atoms with Gasteiger partial charge in [-0.3, -0.25) is 0 Å². The molecule has 0 atom stereocenters. The monoisotopic (exact) mass is 323 g/mol. The van der Waals surface area contributed by atoms with Crippen molar-refractivity contribution in [1.29, 1.82) is 0 Å². The average molecular weight is 323 g/mol. The number of allylic oxidation sites excluding steroid dienone is 3. The molecule has 1 aliphatic carbocycles. The molecule has 0 saturated heterocycles. The summed E-state index contributed by atoms with van der Waals surface area (Å²) in [5.74, 6) is 0. The lowest BCUT2D eigenvalue weighted by Crippen LogP contribution is -1.98. The second-order valence-electron chi connectivity index (χ2n) is 6.28. The van der Waals surface area contributed by atoms with Gasteiger partial charge in [-0.2, -0.15) is 0 Å². The summed E-state index contributed by atoms with van der Waals surface area (Å²) in [6, 6.07) is 27.9. The first kappa shape index (κ1) is 15.5. The second kappa shape index (κ2) is 7.23. The van der Waals surface area contributed by atoms with Crippen LogP contribution in [-0.2, 0) is 0 Å². The van der Waals surface area contributed by atoms with Crippen LogP contribution < -0.4 is 5.32 Å². The Morgan fingerprint density at radius 3 is 1.68 bits per heavy atom. The van der Waals surface area contributed by atoms with E-state index < -0.39 is 0 Å². The summed E-state index contributed by atoms with van der Waals surface area (Å²) in [6.07, 6.45) is 8.87. The molecule has 1 N–H and O–H groups in total. The fourth-order valence-corrected chi connectivity index (χ4v) is 3.10. The number of hydrogen-bond donors (Lipinski definition) is 1. The highest BCUT2D eigenvalue weighted by atomic mass is 14.9. The molecule has 0 radical (unpaired) electrons. The van der Waals surface area contributed by atoms with Gasteiger partial charge in [0.05, 0.1) is 0 Å². The van der Waals surface area contributed by atoms with Gasteiger partial charge in [-0.1, -0.05) is 78.9 Å². The minimum Gasteiger partial charge on any atom is -0.356 e. The van der Waals surface area contributed by atoms with Crippen molar-refractivity contribution >= 4 is 5.69 Å². The SMILES string of the molecule is C1=CC(Nc2ccc(-c3ccc(-c4ccccc4)cc3)cc2)=CCC1. The predicted molar refractivity (Wildman–Crippen MR) is 107 cm³/mol. The molecule has 0 fully saturated rings. The molecule has 0 heterocycles. The van der Waals surface area contributed by atoms with Gasteiger partial charge in [0, 0.05) is 11.4 Å². The van der Waals surface area contributed by atoms with E-state index in [1.807, 2.05) is 6.07 Å². The van der Waals surface area contributed by atoms with Crippen LogP contribution in [0.4, 0.5) is 5.69 Å². The van der Waals surface area contributed by atoms with E-state index in [-0.39, 0.29) is 0 Å². The molecular weight excluding hydrogens is 302 g/mol. The van der Waals surface area contributed by atoms with Crippen LogP contribution >= 0.6 is 0 Å². The minimum atomic E-state index is 1.12. The largest absolute Gasteiger partial charge is 0.356 e. The lowest BCUT2D eigenvalue weighted by Gasteiger charge is -2.11. The van der Waals surface area contributed by atoms with Gasteiger partial charge in [0.2, 0.25) is 0 Å². The number of anilines is 1. The van der Waals surface area contributed by atoms with Crippen LogP contribution in [0.5, 0.6) is 0 Å². The van der Waals surface area contributed by atoms with Gasteiger partial charge in [0.25, 0.3) is 0 Å². The molecule has 0 aliphatic heterocycles. The molecule has 4 rings (SSSR count). The van der Waals surface area contributed by atoms with Gasteiger partial charge in [-0.15, -0.1) is 0 Å². The highest BCUT2D eigenvalue weighted by Gasteiger charge is 2.02. The first-order valence-corrected chi connectivity index (χ1v) is 8.78. The molecule has 1 heteroatoms. The van der Waals surface area contributed by atoms with Crippen LogP contribution in [0.15, 0.2) is 103 Å². The van der Waals surface area contributed by atoms with E-state index in [1.165, 1.54) is 28.0 Å². The summed E-state index contributed by atoms with van der Waals surface area (Å²) in [4.78, 5) is 0. The lowest BCUT2D eigenvalue weighted by atomic mass is 10.0. The Hall–Kier alpha value is -3.06. The third-order valence-corrected chi connectivity index (χ3v) is 4.49. The Balaban J connectivity index is 1.50. The van der Waals surface area contributed by atoms with E-state index in [1.54, 1.807) is 0 Å². The number of hydrogen-bond acceptors (Lipinski definition) is 1. The standard InChI is InChI=1S/C24H21N/c1-3-7-19(8-4-1)20-11-13-21(14-12-20)22-15-17-24(18-16-22)25-23-9-5-2-6-10-23/h1,3-5,7-18,25H,2,6H2. The first-order valence-electron chi connectivity index (χ1n) is 8.78. The summed E-state index contributed by atoms with van der Waals surface area (Å²) in [5.41, 5.74) is 7.29. The van der Waals surface area contributed by atoms with Gasteiger partial charge in [-0.05, 0) is 53.3 Å². The zero-order valence-electron chi connectivity index (χ0n) is 14.2. The summed E-state index contributed by atoms with van der Waals surface area (Å²) < 4.78 is 0. The molecule has 1 aliphatic rings. The van der Waals surface area contributed by atoms with Gasteiger partial charge < -0.3 is 5.32 Å². The van der Waals surface area contributed by atoms with Crippen molar-refractivity contribution in [2.75, 3.05) is 5.32 Å². The molecule has 0 amide bonds. The van der Waals surface area contributed by atoms with Crippen molar-refractivity contribution in [2.24, 2.45) is 0 Å². The maximum absolute atomic E-state index is 3.46. The second-order valence-corrected chi connectivity index (χ2v) is 6.28. The molecule has 0 saturated carbocycles. The zero-order chi connectivity index (χ0) is 16.9. The topological polar surface area (TPSA) is 12.0 Å². The fraction of sp³-hybridized carbons (Fsp3) is 0.0833. The maximum Gasteiger partial charge on any atom is 0.0384 e. The van der Waals surface area contributed by atoms with E-state index >= 15 is 0 Å². The van der Waals surface area contributed by atoms with Gasteiger partial charge in [0.15, 0.2) is 0 Å². The van der Waals surface area contributed by atoms with Crippen molar-refractivity contribution in [3.8, 4) is 22.3 Å². The third kappa shape index (κ3) is 3.72. The average Bonchev–Trinajstić information content (AvgIpc) is 2.70. The van der Waals surface area contributed by atoms with Crippen LogP contribution in [0.25, 0.3) is 22.3 Å². The highest BCUT2D eigenvalue weighted by Crippen LogP contribution is 2.26. The number of nitrogens with one attached hydrogen (secondary N) is 1. The van der Waals surface area contributed by atoms with Crippen LogP contribution in [-0.4, -0.2) is 0 Å². The van der Waals surface area contributed by atoms with Crippen molar-refractivity contribution in [1.82, 2.24) is 0 Å². The zero-order valence-corrected chi connectivity index (χ0v) is 14.2. The van der Waals surface area contributed by atoms with Gasteiger partial charge >= 0.3 is 0 Å². The Bertz CT molecular complexity index is 885. The van der Waals surface area contributed by atoms with E-state index in [9.17, 15) is 0 Å². The minimum absolute atomic E-state index is 1.12. The molecule has 0 bridgehead atoms. The van der Waals surface area contributed by atoms with Gasteiger partial charge in [0.1, 0.15) is 0 Å². The Labute approximate surface area is 149 Å². The van der Waals surface area contributed by atoms with E-state index in [2.05, 4.69) is 96.3 Å². The van der Waals surface area contributed by atoms with Crippen molar-refractivity contribution in [3.63, 3.8) is 0 Å². The molecule has 0 unspecified atom stereocenters. The first-order chi connectivity index (χ1) is 12.4. The summed E-state index contributed by atoms with van der Waals surface area (Å²) in [7, 11) is 0. The van der Waals surface area contributed by atoms with E-state index in [0.29, 0.717) is 0 Å². The van der Waals surface area contributed by atoms with E-state index in [4.69, 9.17) is 0 Å². The molecule has 3 aromatic rings. The summed E-state index contributed by atoms with van der Waals surface area (Å²) in [6.45, 7) is 0. The molecule has 0 aromatic heterocycles. The van der Waals surface area contributed by atoms with Crippen molar-refractivity contribution in [3.05, 3.63) is 103 Å². The fourth-order valence-electron chi connectivity index (χ4n) is 3.10. The smallest absolute Gasteiger partial charge is 0.0384 e. The lowest BCUT2D eigenvalue weighted by molar-refractivity contribution is 1.02. The highest BCUT2D eigenvalue weighted by molar-refractivity contribution is 5.71. The molecule has 3 aromatic carbocycles. The number of rotatable bonds is 4. The predicted octanol–water partition coefficient (Wildman–Crippen LogP) is 6.67. The normalized spacial score (nSPS) is 13.4. The van der Waals surface area contributed by atoms with Crippen molar-refractivity contribution in [2.45, 2.75) is 12.8 Å². The quantitative estimate of drug-likeness (QED) is 0.565. The Morgan fingerprint density at radius 1 is 0.560 bits per heavy atom. The van der Waals surface area contributed by atoms with Crippen LogP contribution in [0.2, 0.25) is 0 Å². The van der Waals surface area contributed by atoms with Gasteiger partial charge in [-0.25, -0.2) is 0 Å². The molecular formula is C24H21N. The summed E-state index contributed by atoms with van der Waals surface area (Å²) in [5, 5.41) is 3.46. The molecule has 25 heavy (non-hydrogen) atoms. The number of benzene rings is 3. The van der Waals surface area contributed by atoms with Crippen LogP contribution in [0.3, 0.4) is 0 Å². The van der Waals surface area contributed by atoms with Crippen LogP contribution in [0.1, 0.15) is 12.8 Å². The maximum atomic E-state index is 3.46. The molecule has 0 spiro atoms. The molecule has 122 valence electrons. The Kier molecular flexibility index (Phi) is 4.47. The summed E-state index contributed by atoms with van der Waals surface area (Å²) >= 11 is 0. The van der Waals surface area contributed by atoms with E-state index in [0.717, 1.165) is 18.5 Å². The van der Waals surface area contributed by atoms with Crippen LogP contribution in [0, 0.1) is 0 Å². The molecule has 1 nitrogen and oxygen atoms in total.